The first-order chi connectivity index (χ1) is 14.2. The zero-order chi connectivity index (χ0) is 20.1. The molecule has 2 aromatic rings. The molecule has 2 saturated heterocycles. The van der Waals surface area contributed by atoms with E-state index in [-0.39, 0.29) is 18.0 Å². The van der Waals surface area contributed by atoms with Crippen molar-refractivity contribution in [3.05, 3.63) is 52.2 Å². The molecular formula is C22H23N3O3S. The summed E-state index contributed by atoms with van der Waals surface area (Å²) in [5, 5.41) is 4.93. The van der Waals surface area contributed by atoms with Crippen molar-refractivity contribution >= 4 is 29.0 Å². The van der Waals surface area contributed by atoms with Gasteiger partial charge < -0.3 is 19.9 Å². The van der Waals surface area contributed by atoms with Crippen LogP contribution < -0.4 is 5.32 Å². The van der Waals surface area contributed by atoms with E-state index in [1.165, 1.54) is 0 Å². The van der Waals surface area contributed by atoms with Gasteiger partial charge in [-0.3, -0.25) is 4.79 Å². The van der Waals surface area contributed by atoms with Crippen molar-refractivity contribution in [1.29, 1.82) is 0 Å². The Morgan fingerprint density at radius 3 is 2.62 bits per heavy atom. The molecule has 0 saturated carbocycles. The number of anilines is 1. The quantitative estimate of drug-likeness (QED) is 0.776. The number of rotatable bonds is 2. The maximum absolute atomic E-state index is 12.6. The normalized spacial score (nSPS) is 18.8. The second kappa shape index (κ2) is 9.12. The molecule has 6 nitrogen and oxygen atoms in total. The smallest absolute Gasteiger partial charge is 0.321 e. The molecule has 3 amide bonds. The minimum Gasteiger partial charge on any atom is -0.368 e. The highest BCUT2D eigenvalue weighted by atomic mass is 32.1. The van der Waals surface area contributed by atoms with Crippen molar-refractivity contribution in [2.24, 2.45) is 0 Å². The molecule has 1 N–H and O–H groups in total. The average molecular weight is 410 g/mol. The fraction of sp³-hybridized carbons (Fsp3) is 0.364. The third-order valence-corrected chi connectivity index (χ3v) is 5.83. The topological polar surface area (TPSA) is 61.9 Å². The van der Waals surface area contributed by atoms with Crippen LogP contribution in [0.4, 0.5) is 10.5 Å². The number of nitrogens with one attached hydrogen (secondary N) is 1. The molecule has 0 spiro atoms. The van der Waals surface area contributed by atoms with Gasteiger partial charge in [0.15, 0.2) is 0 Å². The summed E-state index contributed by atoms with van der Waals surface area (Å²) in [7, 11) is 0. The van der Waals surface area contributed by atoms with Gasteiger partial charge in [0.05, 0.1) is 4.88 Å². The first-order valence-electron chi connectivity index (χ1n) is 9.81. The number of piperazine rings is 1. The van der Waals surface area contributed by atoms with Crippen molar-refractivity contribution in [3.63, 3.8) is 0 Å². The van der Waals surface area contributed by atoms with Crippen LogP contribution in [0.5, 0.6) is 0 Å². The van der Waals surface area contributed by atoms with Crippen molar-refractivity contribution in [2.75, 3.05) is 38.1 Å². The summed E-state index contributed by atoms with van der Waals surface area (Å²) in [6, 6.07) is 11.3. The summed E-state index contributed by atoms with van der Waals surface area (Å²) >= 11 is 1.60. The maximum Gasteiger partial charge on any atom is 0.321 e. The highest BCUT2D eigenvalue weighted by Gasteiger charge is 2.31. The SMILES string of the molecule is O=C(Nc1cccc(C#Cc2cccs2)c1)N1CCN(C(=O)C2CCCO2)CC1. The summed E-state index contributed by atoms with van der Waals surface area (Å²) in [5.41, 5.74) is 1.56. The lowest BCUT2D eigenvalue weighted by Gasteiger charge is -2.35. The van der Waals surface area contributed by atoms with Gasteiger partial charge in [-0.1, -0.05) is 24.0 Å². The highest BCUT2D eigenvalue weighted by molar-refractivity contribution is 7.10. The van der Waals surface area contributed by atoms with Gasteiger partial charge in [0, 0.05) is 44.0 Å². The number of ether oxygens (including phenoxy) is 1. The van der Waals surface area contributed by atoms with E-state index in [1.807, 2.05) is 41.8 Å². The van der Waals surface area contributed by atoms with Crippen LogP contribution in [0.2, 0.25) is 0 Å². The molecule has 0 aliphatic carbocycles. The minimum atomic E-state index is -0.298. The van der Waals surface area contributed by atoms with Gasteiger partial charge in [-0.05, 0) is 42.5 Å². The number of thiophene rings is 1. The van der Waals surface area contributed by atoms with Gasteiger partial charge in [0.1, 0.15) is 6.10 Å². The van der Waals surface area contributed by atoms with Crippen molar-refractivity contribution in [1.82, 2.24) is 9.80 Å². The number of nitrogens with zero attached hydrogens (tertiary/aromatic N) is 2. The first-order valence-corrected chi connectivity index (χ1v) is 10.7. The Morgan fingerprint density at radius 2 is 1.90 bits per heavy atom. The molecule has 1 atom stereocenters. The molecule has 2 aliphatic heterocycles. The molecule has 150 valence electrons. The predicted molar refractivity (Wildman–Crippen MR) is 113 cm³/mol. The van der Waals surface area contributed by atoms with Crippen molar-refractivity contribution in [2.45, 2.75) is 18.9 Å². The molecule has 7 heteroatoms. The van der Waals surface area contributed by atoms with Crippen LogP contribution in [0, 0.1) is 11.8 Å². The van der Waals surface area contributed by atoms with E-state index >= 15 is 0 Å². The molecule has 0 radical (unpaired) electrons. The standard InChI is InChI=1S/C22H23N3O3S/c26-21(20-7-2-14-28-20)24-10-12-25(13-11-24)22(27)23-18-5-1-4-17(16-18)8-9-19-6-3-15-29-19/h1,3-6,15-16,20H,2,7,10-14H2,(H,23,27). The van der Waals surface area contributed by atoms with Gasteiger partial charge in [0.2, 0.25) is 0 Å². The lowest BCUT2D eigenvalue weighted by Crippen LogP contribution is -2.53. The van der Waals surface area contributed by atoms with Gasteiger partial charge in [-0.15, -0.1) is 11.3 Å². The Balaban J connectivity index is 1.31. The van der Waals surface area contributed by atoms with E-state index in [4.69, 9.17) is 4.74 Å². The first kappa shape index (κ1) is 19.5. The van der Waals surface area contributed by atoms with E-state index in [2.05, 4.69) is 17.2 Å². The van der Waals surface area contributed by atoms with Crippen molar-refractivity contribution < 1.29 is 14.3 Å². The second-order valence-corrected chi connectivity index (χ2v) is 8.00. The Hall–Kier alpha value is -2.82. The molecule has 0 bridgehead atoms. The molecule has 2 aliphatic rings. The third kappa shape index (κ3) is 4.97. The van der Waals surface area contributed by atoms with Crippen LogP contribution in [0.25, 0.3) is 0 Å². The lowest BCUT2D eigenvalue weighted by molar-refractivity contribution is -0.142. The second-order valence-electron chi connectivity index (χ2n) is 7.05. The zero-order valence-corrected chi connectivity index (χ0v) is 16.9. The lowest BCUT2D eigenvalue weighted by atomic mass is 10.2. The van der Waals surface area contributed by atoms with Gasteiger partial charge >= 0.3 is 6.03 Å². The van der Waals surface area contributed by atoms with Crippen LogP contribution in [-0.4, -0.2) is 60.6 Å². The van der Waals surface area contributed by atoms with Crippen LogP contribution in [-0.2, 0) is 9.53 Å². The summed E-state index contributed by atoms with van der Waals surface area (Å²) in [4.78, 5) is 29.6. The number of carbonyl (C=O) groups is 2. The predicted octanol–water partition coefficient (Wildman–Crippen LogP) is 3.00. The summed E-state index contributed by atoms with van der Waals surface area (Å²) in [6.45, 7) is 2.77. The number of amides is 3. The number of urea groups is 1. The minimum absolute atomic E-state index is 0.0552. The Morgan fingerprint density at radius 1 is 1.07 bits per heavy atom. The van der Waals surface area contributed by atoms with Crippen LogP contribution in [0.1, 0.15) is 23.3 Å². The molecule has 4 rings (SSSR count). The van der Waals surface area contributed by atoms with Gasteiger partial charge in [-0.2, -0.15) is 0 Å². The van der Waals surface area contributed by atoms with Gasteiger partial charge in [0.25, 0.3) is 5.91 Å². The van der Waals surface area contributed by atoms with E-state index in [9.17, 15) is 9.59 Å². The molecule has 1 unspecified atom stereocenters. The van der Waals surface area contributed by atoms with Crippen molar-refractivity contribution in [3.8, 4) is 11.8 Å². The fourth-order valence-electron chi connectivity index (χ4n) is 3.47. The molecule has 29 heavy (non-hydrogen) atoms. The van der Waals surface area contributed by atoms with E-state index in [0.717, 1.165) is 23.3 Å². The number of carbonyl (C=O) groups excluding carboxylic acids is 2. The van der Waals surface area contributed by atoms with Gasteiger partial charge in [-0.25, -0.2) is 4.79 Å². The Kier molecular flexibility index (Phi) is 6.13. The summed E-state index contributed by atoms with van der Waals surface area (Å²) < 4.78 is 5.48. The van der Waals surface area contributed by atoms with Crippen LogP contribution >= 0.6 is 11.3 Å². The monoisotopic (exact) mass is 409 g/mol. The van der Waals surface area contributed by atoms with Crippen LogP contribution in [0.3, 0.4) is 0 Å². The fourth-order valence-corrected chi connectivity index (χ4v) is 4.04. The zero-order valence-electron chi connectivity index (χ0n) is 16.1. The van der Waals surface area contributed by atoms with E-state index < -0.39 is 0 Å². The van der Waals surface area contributed by atoms with E-state index in [1.54, 1.807) is 21.1 Å². The largest absolute Gasteiger partial charge is 0.368 e. The molecular weight excluding hydrogens is 386 g/mol. The third-order valence-electron chi connectivity index (χ3n) is 5.05. The Labute approximate surface area is 174 Å². The summed E-state index contributed by atoms with van der Waals surface area (Å²) in [6.07, 6.45) is 1.44. The molecule has 1 aromatic heterocycles. The van der Waals surface area contributed by atoms with Crippen LogP contribution in [0.15, 0.2) is 41.8 Å². The highest BCUT2D eigenvalue weighted by Crippen LogP contribution is 2.17. The average Bonchev–Trinajstić information content (AvgIpc) is 3.46. The molecule has 3 heterocycles. The van der Waals surface area contributed by atoms with E-state index in [0.29, 0.717) is 38.5 Å². The summed E-state index contributed by atoms with van der Waals surface area (Å²) in [5.74, 6) is 6.30. The Bertz CT molecular complexity index is 918. The number of hydrogen-bond acceptors (Lipinski definition) is 4. The molecule has 2 fully saturated rings. The number of hydrogen-bond donors (Lipinski definition) is 1. The molecule has 1 aromatic carbocycles. The maximum atomic E-state index is 12.6. The number of benzene rings is 1.